The number of benzene rings is 1. The first-order valence-corrected chi connectivity index (χ1v) is 5.07. The van der Waals surface area contributed by atoms with Crippen molar-refractivity contribution in [2.24, 2.45) is 5.73 Å². The van der Waals surface area contributed by atoms with Crippen LogP contribution in [0.25, 0.3) is 0 Å². The maximum atomic E-state index is 11.7. The molecule has 76 valence electrons. The molecular weight excluding hydrogens is 174 g/mol. The zero-order chi connectivity index (χ0) is 10.6. The molecule has 0 aliphatic heterocycles. The molecule has 1 atom stereocenters. The van der Waals surface area contributed by atoms with Crippen LogP contribution < -0.4 is 5.73 Å². The summed E-state index contributed by atoms with van der Waals surface area (Å²) in [6.07, 6.45) is 1.68. The third-order valence-electron chi connectivity index (χ3n) is 2.42. The second kappa shape index (κ2) is 4.91. The van der Waals surface area contributed by atoms with Crippen LogP contribution in [0.15, 0.2) is 24.3 Å². The molecule has 0 heterocycles. The molecule has 0 spiro atoms. The highest BCUT2D eigenvalue weighted by Gasteiger charge is 2.12. The standard InChI is InChI=1S/C12H17NO/c1-3-9-5-7-10(8-6-9)12(14)11(13)4-2/h5-8,11H,3-4,13H2,1-2H3. The number of nitrogens with two attached hydrogens (primary N) is 1. The largest absolute Gasteiger partial charge is 0.321 e. The molecule has 0 bridgehead atoms. The van der Waals surface area contributed by atoms with Gasteiger partial charge in [-0.2, -0.15) is 0 Å². The molecule has 2 heteroatoms. The molecule has 2 nitrogen and oxygen atoms in total. The lowest BCUT2D eigenvalue weighted by molar-refractivity contribution is 0.0959. The van der Waals surface area contributed by atoms with Crippen molar-refractivity contribution in [3.8, 4) is 0 Å². The summed E-state index contributed by atoms with van der Waals surface area (Å²) in [4.78, 5) is 11.7. The fourth-order valence-electron chi connectivity index (χ4n) is 1.30. The normalized spacial score (nSPS) is 12.5. The fourth-order valence-corrected chi connectivity index (χ4v) is 1.30. The topological polar surface area (TPSA) is 43.1 Å². The van der Waals surface area contributed by atoms with Crippen molar-refractivity contribution in [3.63, 3.8) is 0 Å². The number of ketones is 1. The molecule has 1 aromatic rings. The van der Waals surface area contributed by atoms with Gasteiger partial charge in [0.25, 0.3) is 0 Å². The van der Waals surface area contributed by atoms with Gasteiger partial charge in [0.05, 0.1) is 6.04 Å². The lowest BCUT2D eigenvalue weighted by atomic mass is 10.0. The Labute approximate surface area is 85.1 Å². The molecule has 0 aromatic heterocycles. The predicted octanol–water partition coefficient (Wildman–Crippen LogP) is 2.17. The van der Waals surface area contributed by atoms with E-state index in [9.17, 15) is 4.79 Å². The van der Waals surface area contributed by atoms with E-state index in [0.29, 0.717) is 6.42 Å². The Balaban J connectivity index is 2.81. The van der Waals surface area contributed by atoms with E-state index in [1.54, 1.807) is 0 Å². The van der Waals surface area contributed by atoms with Crippen molar-refractivity contribution in [2.75, 3.05) is 0 Å². The molecule has 0 saturated carbocycles. The predicted molar refractivity (Wildman–Crippen MR) is 58.4 cm³/mol. The number of aryl methyl sites for hydroxylation is 1. The van der Waals surface area contributed by atoms with E-state index in [0.717, 1.165) is 12.0 Å². The van der Waals surface area contributed by atoms with Crippen molar-refractivity contribution in [3.05, 3.63) is 35.4 Å². The highest BCUT2D eigenvalue weighted by Crippen LogP contribution is 2.08. The second-order valence-electron chi connectivity index (χ2n) is 3.43. The van der Waals surface area contributed by atoms with Crippen LogP contribution >= 0.6 is 0 Å². The highest BCUT2D eigenvalue weighted by molar-refractivity contribution is 5.99. The van der Waals surface area contributed by atoms with Crippen molar-refractivity contribution in [1.82, 2.24) is 0 Å². The summed E-state index contributed by atoms with van der Waals surface area (Å²) in [5, 5.41) is 0. The van der Waals surface area contributed by atoms with Crippen molar-refractivity contribution >= 4 is 5.78 Å². The molecule has 1 rings (SSSR count). The van der Waals surface area contributed by atoms with E-state index in [1.165, 1.54) is 5.56 Å². The number of carbonyl (C=O) groups is 1. The summed E-state index contributed by atoms with van der Waals surface area (Å²) < 4.78 is 0. The summed E-state index contributed by atoms with van der Waals surface area (Å²) in [7, 11) is 0. The SMILES string of the molecule is CCc1ccc(C(=O)C(N)CC)cc1. The summed E-state index contributed by atoms with van der Waals surface area (Å²) in [5.74, 6) is 0.0372. The molecule has 1 aromatic carbocycles. The Morgan fingerprint density at radius 2 is 1.86 bits per heavy atom. The molecule has 2 N–H and O–H groups in total. The van der Waals surface area contributed by atoms with Crippen molar-refractivity contribution in [2.45, 2.75) is 32.7 Å². The van der Waals surface area contributed by atoms with Crippen LogP contribution in [0.3, 0.4) is 0 Å². The van der Waals surface area contributed by atoms with Crippen LogP contribution in [0.5, 0.6) is 0 Å². The van der Waals surface area contributed by atoms with Crippen LogP contribution in [0.4, 0.5) is 0 Å². The minimum Gasteiger partial charge on any atom is -0.321 e. The summed E-state index contributed by atoms with van der Waals surface area (Å²) in [5.41, 5.74) is 7.63. The number of hydrogen-bond donors (Lipinski definition) is 1. The van der Waals surface area contributed by atoms with Gasteiger partial charge in [0.15, 0.2) is 5.78 Å². The van der Waals surface area contributed by atoms with Crippen LogP contribution in [-0.2, 0) is 6.42 Å². The lowest BCUT2D eigenvalue weighted by Crippen LogP contribution is -2.29. The number of hydrogen-bond acceptors (Lipinski definition) is 2. The van der Waals surface area contributed by atoms with Gasteiger partial charge >= 0.3 is 0 Å². The average molecular weight is 191 g/mol. The molecule has 0 radical (unpaired) electrons. The van der Waals surface area contributed by atoms with Gasteiger partial charge in [0, 0.05) is 5.56 Å². The first kappa shape index (κ1) is 10.9. The molecule has 14 heavy (non-hydrogen) atoms. The van der Waals surface area contributed by atoms with Gasteiger partial charge in [-0.3, -0.25) is 4.79 Å². The Kier molecular flexibility index (Phi) is 3.84. The Bertz CT molecular complexity index is 303. The zero-order valence-electron chi connectivity index (χ0n) is 8.79. The van der Waals surface area contributed by atoms with Gasteiger partial charge in [-0.1, -0.05) is 38.1 Å². The van der Waals surface area contributed by atoms with E-state index in [2.05, 4.69) is 6.92 Å². The van der Waals surface area contributed by atoms with E-state index in [1.807, 2.05) is 31.2 Å². The monoisotopic (exact) mass is 191 g/mol. The van der Waals surface area contributed by atoms with Crippen LogP contribution in [-0.4, -0.2) is 11.8 Å². The minimum atomic E-state index is -0.359. The third-order valence-corrected chi connectivity index (χ3v) is 2.42. The maximum absolute atomic E-state index is 11.7. The first-order valence-electron chi connectivity index (χ1n) is 5.07. The Hall–Kier alpha value is -1.15. The molecular formula is C12H17NO. The van der Waals surface area contributed by atoms with Gasteiger partial charge < -0.3 is 5.73 Å². The van der Waals surface area contributed by atoms with Crippen LogP contribution in [0, 0.1) is 0 Å². The smallest absolute Gasteiger partial charge is 0.179 e. The maximum Gasteiger partial charge on any atom is 0.179 e. The highest BCUT2D eigenvalue weighted by atomic mass is 16.1. The molecule has 0 aliphatic carbocycles. The van der Waals surface area contributed by atoms with Gasteiger partial charge in [-0.25, -0.2) is 0 Å². The lowest BCUT2D eigenvalue weighted by Gasteiger charge is -2.07. The van der Waals surface area contributed by atoms with Gasteiger partial charge in [-0.05, 0) is 18.4 Å². The minimum absolute atomic E-state index is 0.0372. The van der Waals surface area contributed by atoms with Gasteiger partial charge in [0.2, 0.25) is 0 Å². The fraction of sp³-hybridized carbons (Fsp3) is 0.417. The van der Waals surface area contributed by atoms with E-state index < -0.39 is 0 Å². The summed E-state index contributed by atoms with van der Waals surface area (Å²) in [6.45, 7) is 4.01. The molecule has 0 aliphatic rings. The van der Waals surface area contributed by atoms with E-state index in [-0.39, 0.29) is 11.8 Å². The van der Waals surface area contributed by atoms with Gasteiger partial charge in [-0.15, -0.1) is 0 Å². The summed E-state index contributed by atoms with van der Waals surface area (Å²) in [6, 6.07) is 7.32. The Morgan fingerprint density at radius 1 is 1.29 bits per heavy atom. The molecule has 1 unspecified atom stereocenters. The first-order chi connectivity index (χ1) is 6.69. The van der Waals surface area contributed by atoms with Crippen molar-refractivity contribution in [1.29, 1.82) is 0 Å². The number of rotatable bonds is 4. The average Bonchev–Trinajstić information content (AvgIpc) is 2.27. The van der Waals surface area contributed by atoms with Crippen LogP contribution in [0.1, 0.15) is 36.2 Å². The van der Waals surface area contributed by atoms with E-state index in [4.69, 9.17) is 5.73 Å². The third kappa shape index (κ3) is 2.42. The molecule has 0 amide bonds. The summed E-state index contributed by atoms with van der Waals surface area (Å²) >= 11 is 0. The van der Waals surface area contributed by atoms with Crippen molar-refractivity contribution < 1.29 is 4.79 Å². The number of Topliss-reactive ketones (excluding diaryl/α,β-unsaturated/α-hetero) is 1. The van der Waals surface area contributed by atoms with E-state index >= 15 is 0 Å². The molecule has 0 saturated heterocycles. The zero-order valence-corrected chi connectivity index (χ0v) is 8.79. The van der Waals surface area contributed by atoms with Crippen LogP contribution in [0.2, 0.25) is 0 Å². The molecule has 0 fully saturated rings. The number of carbonyl (C=O) groups excluding carboxylic acids is 1. The Morgan fingerprint density at radius 3 is 2.29 bits per heavy atom. The van der Waals surface area contributed by atoms with Gasteiger partial charge in [0.1, 0.15) is 0 Å². The second-order valence-corrected chi connectivity index (χ2v) is 3.43. The quantitative estimate of drug-likeness (QED) is 0.741.